The van der Waals surface area contributed by atoms with Gasteiger partial charge in [0.2, 0.25) is 0 Å². The topological polar surface area (TPSA) is 20.2 Å². The van der Waals surface area contributed by atoms with Gasteiger partial charge in [0.25, 0.3) is 0 Å². The molecule has 1 aliphatic rings. The first-order valence-corrected chi connectivity index (χ1v) is 8.28. The van der Waals surface area contributed by atoms with E-state index in [1.807, 2.05) is 0 Å². The molecule has 0 aromatic heterocycles. The zero-order chi connectivity index (χ0) is 13.4. The van der Waals surface area contributed by atoms with Crippen molar-refractivity contribution in [1.29, 1.82) is 0 Å². The summed E-state index contributed by atoms with van der Waals surface area (Å²) in [6.45, 7) is 7.58. The fraction of sp³-hybridized carbons (Fsp3) is 1.00. The highest BCUT2D eigenvalue weighted by atomic mass is 16.3. The van der Waals surface area contributed by atoms with Gasteiger partial charge in [0.05, 0.1) is 0 Å². The Kier molecular flexibility index (Phi) is 7.97. The van der Waals surface area contributed by atoms with Crippen LogP contribution >= 0.6 is 0 Å². The summed E-state index contributed by atoms with van der Waals surface area (Å²) in [5.74, 6) is 3.36. The van der Waals surface area contributed by atoms with Crippen molar-refractivity contribution in [3.8, 4) is 0 Å². The Hall–Kier alpha value is -0.0400. The summed E-state index contributed by atoms with van der Waals surface area (Å²) in [4.78, 5) is 0. The number of unbranched alkanes of at least 4 members (excludes halogenated alkanes) is 1. The van der Waals surface area contributed by atoms with Crippen LogP contribution < -0.4 is 0 Å². The van der Waals surface area contributed by atoms with Crippen molar-refractivity contribution in [2.24, 2.45) is 23.7 Å². The van der Waals surface area contributed by atoms with Crippen LogP contribution in [0.5, 0.6) is 0 Å². The Morgan fingerprint density at radius 3 is 2.22 bits per heavy atom. The number of aliphatic hydroxyl groups is 1. The quantitative estimate of drug-likeness (QED) is 0.644. The van der Waals surface area contributed by atoms with E-state index in [2.05, 4.69) is 20.8 Å². The van der Waals surface area contributed by atoms with Crippen molar-refractivity contribution in [2.75, 3.05) is 6.61 Å². The van der Waals surface area contributed by atoms with Gasteiger partial charge in [-0.2, -0.15) is 0 Å². The lowest BCUT2D eigenvalue weighted by atomic mass is 9.74. The maximum absolute atomic E-state index is 9.17. The van der Waals surface area contributed by atoms with E-state index in [1.54, 1.807) is 0 Å². The maximum Gasteiger partial charge on any atom is 0.0459 e. The first kappa shape index (κ1) is 16.0. The van der Waals surface area contributed by atoms with E-state index in [4.69, 9.17) is 0 Å². The van der Waals surface area contributed by atoms with E-state index in [1.165, 1.54) is 57.8 Å². The molecule has 0 spiro atoms. The summed E-state index contributed by atoms with van der Waals surface area (Å²) in [6.07, 6.45) is 12.2. The van der Waals surface area contributed by atoms with Gasteiger partial charge >= 0.3 is 0 Å². The molecule has 1 nitrogen and oxygen atoms in total. The average Bonchev–Trinajstić information content (AvgIpc) is 2.42. The predicted molar refractivity (Wildman–Crippen MR) is 79.6 cm³/mol. The van der Waals surface area contributed by atoms with Gasteiger partial charge in [-0.3, -0.25) is 0 Å². The van der Waals surface area contributed by atoms with Crippen LogP contribution in [0.4, 0.5) is 0 Å². The van der Waals surface area contributed by atoms with Crippen LogP contribution in [0.15, 0.2) is 0 Å². The molecule has 1 N–H and O–H groups in total. The molecule has 2 atom stereocenters. The minimum absolute atomic E-state index is 0.412. The predicted octanol–water partition coefficient (Wildman–Crippen LogP) is 5.03. The van der Waals surface area contributed by atoms with Gasteiger partial charge in [0.1, 0.15) is 0 Å². The van der Waals surface area contributed by atoms with Gasteiger partial charge in [-0.25, -0.2) is 0 Å². The lowest BCUT2D eigenvalue weighted by Crippen LogP contribution is -2.22. The third kappa shape index (κ3) is 5.73. The van der Waals surface area contributed by atoms with Crippen molar-refractivity contribution in [3.63, 3.8) is 0 Å². The number of hydrogen-bond acceptors (Lipinski definition) is 1. The first-order chi connectivity index (χ1) is 8.67. The third-order valence-electron chi connectivity index (χ3n) is 5.12. The van der Waals surface area contributed by atoms with Gasteiger partial charge in [-0.1, -0.05) is 52.9 Å². The molecule has 1 fully saturated rings. The minimum atomic E-state index is 0.412. The molecule has 1 heteroatoms. The Morgan fingerprint density at radius 2 is 1.67 bits per heavy atom. The Balaban J connectivity index is 2.15. The third-order valence-corrected chi connectivity index (χ3v) is 5.12. The molecule has 18 heavy (non-hydrogen) atoms. The van der Waals surface area contributed by atoms with Crippen LogP contribution in [0, 0.1) is 23.7 Å². The number of aliphatic hydroxyl groups excluding tert-OH is 1. The Morgan fingerprint density at radius 1 is 1.00 bits per heavy atom. The summed E-state index contributed by atoms with van der Waals surface area (Å²) in [6, 6.07) is 0. The van der Waals surface area contributed by atoms with Gasteiger partial charge < -0.3 is 5.11 Å². The van der Waals surface area contributed by atoms with E-state index in [0.717, 1.165) is 17.8 Å². The second kappa shape index (κ2) is 8.96. The van der Waals surface area contributed by atoms with Crippen LogP contribution in [0.1, 0.15) is 78.6 Å². The van der Waals surface area contributed by atoms with Gasteiger partial charge in [-0.15, -0.1) is 0 Å². The minimum Gasteiger partial charge on any atom is -0.396 e. The van der Waals surface area contributed by atoms with Crippen LogP contribution in [-0.2, 0) is 0 Å². The van der Waals surface area contributed by atoms with E-state index >= 15 is 0 Å². The van der Waals surface area contributed by atoms with Crippen molar-refractivity contribution in [1.82, 2.24) is 0 Å². The molecule has 0 saturated heterocycles. The molecule has 2 unspecified atom stereocenters. The summed E-state index contributed by atoms with van der Waals surface area (Å²) < 4.78 is 0. The SMILES string of the molecule is CCCCC(C)CCC(C)C1CCC(CO)CC1. The summed E-state index contributed by atoms with van der Waals surface area (Å²) in [5.41, 5.74) is 0. The molecule has 0 bridgehead atoms. The van der Waals surface area contributed by atoms with Crippen LogP contribution in [0.2, 0.25) is 0 Å². The van der Waals surface area contributed by atoms with Gasteiger partial charge in [0.15, 0.2) is 0 Å². The maximum atomic E-state index is 9.17. The highest BCUT2D eigenvalue weighted by Gasteiger charge is 2.24. The van der Waals surface area contributed by atoms with E-state index in [9.17, 15) is 5.11 Å². The molecule has 108 valence electrons. The molecule has 1 saturated carbocycles. The molecule has 1 rings (SSSR count). The molecule has 0 heterocycles. The molecule has 0 amide bonds. The van der Waals surface area contributed by atoms with Crippen molar-refractivity contribution in [2.45, 2.75) is 78.6 Å². The largest absolute Gasteiger partial charge is 0.396 e. The second-order valence-corrected chi connectivity index (χ2v) is 6.77. The van der Waals surface area contributed by atoms with Crippen molar-refractivity contribution in [3.05, 3.63) is 0 Å². The lowest BCUT2D eigenvalue weighted by molar-refractivity contribution is 0.142. The molecule has 0 aromatic carbocycles. The van der Waals surface area contributed by atoms with Crippen molar-refractivity contribution < 1.29 is 5.11 Å². The zero-order valence-corrected chi connectivity index (χ0v) is 12.8. The monoisotopic (exact) mass is 254 g/mol. The first-order valence-electron chi connectivity index (χ1n) is 8.28. The molecule has 1 aliphatic carbocycles. The molecular weight excluding hydrogens is 220 g/mol. The molecular formula is C17H34O. The summed E-state index contributed by atoms with van der Waals surface area (Å²) >= 11 is 0. The Bertz CT molecular complexity index is 194. The van der Waals surface area contributed by atoms with Crippen LogP contribution in [0.25, 0.3) is 0 Å². The lowest BCUT2D eigenvalue weighted by Gasteiger charge is -2.32. The second-order valence-electron chi connectivity index (χ2n) is 6.77. The molecule has 0 aromatic rings. The van der Waals surface area contributed by atoms with Crippen molar-refractivity contribution >= 4 is 0 Å². The van der Waals surface area contributed by atoms with Gasteiger partial charge in [-0.05, 0) is 49.4 Å². The van der Waals surface area contributed by atoms with E-state index in [-0.39, 0.29) is 0 Å². The standard InChI is InChI=1S/C17H34O/c1-4-5-6-14(2)7-8-15(3)17-11-9-16(13-18)10-12-17/h14-18H,4-13H2,1-3H3. The van der Waals surface area contributed by atoms with E-state index < -0.39 is 0 Å². The van der Waals surface area contributed by atoms with Gasteiger partial charge in [0, 0.05) is 6.61 Å². The number of rotatable bonds is 8. The van der Waals surface area contributed by atoms with Crippen LogP contribution in [0.3, 0.4) is 0 Å². The zero-order valence-electron chi connectivity index (χ0n) is 12.8. The molecule has 0 aliphatic heterocycles. The van der Waals surface area contributed by atoms with E-state index in [0.29, 0.717) is 12.5 Å². The van der Waals surface area contributed by atoms with Crippen LogP contribution in [-0.4, -0.2) is 11.7 Å². The highest BCUT2D eigenvalue weighted by molar-refractivity contribution is 4.76. The smallest absolute Gasteiger partial charge is 0.0459 e. The molecule has 0 radical (unpaired) electrons. The Labute approximate surface area is 114 Å². The highest BCUT2D eigenvalue weighted by Crippen LogP contribution is 2.35. The average molecular weight is 254 g/mol. The fourth-order valence-electron chi connectivity index (χ4n) is 3.42. The fourth-order valence-corrected chi connectivity index (χ4v) is 3.42. The summed E-state index contributed by atoms with van der Waals surface area (Å²) in [5, 5.41) is 9.17. The number of hydrogen-bond donors (Lipinski definition) is 1. The normalized spacial score (nSPS) is 28.0. The summed E-state index contributed by atoms with van der Waals surface area (Å²) in [7, 11) is 0.